The van der Waals surface area contributed by atoms with Crippen LogP contribution in [0.4, 0.5) is 0 Å². The number of hydrogen-bond acceptors (Lipinski definition) is 3. The number of ether oxygens (including phenoxy) is 2. The lowest BCUT2D eigenvalue weighted by Crippen LogP contribution is -2.58. The molecule has 3 fully saturated rings. The van der Waals surface area contributed by atoms with Gasteiger partial charge in [0, 0.05) is 18.4 Å². The maximum Gasteiger partial charge on any atom is 0.144 e. The van der Waals surface area contributed by atoms with Crippen LogP contribution >= 0.6 is 0 Å². The van der Waals surface area contributed by atoms with Crippen molar-refractivity contribution in [2.24, 2.45) is 5.41 Å². The summed E-state index contributed by atoms with van der Waals surface area (Å²) in [5.74, 6) is 0. The summed E-state index contributed by atoms with van der Waals surface area (Å²) < 4.78 is 11.4. The Hall–Kier alpha value is -0.120. The van der Waals surface area contributed by atoms with Gasteiger partial charge in [-0.25, -0.2) is 0 Å². The van der Waals surface area contributed by atoms with Gasteiger partial charge in [0.2, 0.25) is 0 Å². The van der Waals surface area contributed by atoms with Crippen molar-refractivity contribution in [3.05, 3.63) is 0 Å². The van der Waals surface area contributed by atoms with Gasteiger partial charge in [-0.2, -0.15) is 0 Å². The zero-order chi connectivity index (χ0) is 9.49. The molecule has 1 saturated carbocycles. The van der Waals surface area contributed by atoms with Crippen molar-refractivity contribution >= 4 is 0 Å². The molecule has 1 N–H and O–H groups in total. The molecule has 3 heteroatoms. The molecule has 1 atom stereocenters. The molecule has 2 aliphatic heterocycles. The molecule has 0 radical (unpaired) electrons. The highest BCUT2D eigenvalue weighted by atomic mass is 16.6. The Kier molecular flexibility index (Phi) is 2.08. The molecule has 3 rings (SSSR count). The second-order valence-electron chi connectivity index (χ2n) is 5.15. The van der Waals surface area contributed by atoms with Crippen LogP contribution < -0.4 is 5.32 Å². The summed E-state index contributed by atoms with van der Waals surface area (Å²) in [6.45, 7) is 3.67. The summed E-state index contributed by atoms with van der Waals surface area (Å²) in [5, 5.41) is 3.58. The normalized spacial score (nSPS) is 41.1. The fourth-order valence-electron chi connectivity index (χ4n) is 2.99. The van der Waals surface area contributed by atoms with Crippen LogP contribution in [0.5, 0.6) is 0 Å². The highest BCUT2D eigenvalue weighted by molar-refractivity contribution is 4.95. The fraction of sp³-hybridized carbons (Fsp3) is 1.00. The molecule has 1 unspecified atom stereocenters. The van der Waals surface area contributed by atoms with Crippen molar-refractivity contribution in [3.8, 4) is 0 Å². The third-order valence-electron chi connectivity index (χ3n) is 4.09. The maximum atomic E-state index is 6.03. The van der Waals surface area contributed by atoms with Gasteiger partial charge in [-0.1, -0.05) is 12.8 Å². The molecular weight excluding hydrogens is 178 g/mol. The van der Waals surface area contributed by atoms with E-state index < -0.39 is 0 Å². The van der Waals surface area contributed by atoms with Crippen molar-refractivity contribution < 1.29 is 9.47 Å². The molecule has 0 aromatic carbocycles. The highest BCUT2D eigenvalue weighted by Gasteiger charge is 2.46. The zero-order valence-corrected chi connectivity index (χ0v) is 8.68. The van der Waals surface area contributed by atoms with Gasteiger partial charge in [-0.15, -0.1) is 0 Å². The van der Waals surface area contributed by atoms with Crippen molar-refractivity contribution in [2.45, 2.75) is 37.8 Å². The third kappa shape index (κ3) is 1.38. The van der Waals surface area contributed by atoms with E-state index >= 15 is 0 Å². The van der Waals surface area contributed by atoms with Gasteiger partial charge in [0.15, 0.2) is 0 Å². The van der Waals surface area contributed by atoms with Crippen molar-refractivity contribution in [1.29, 1.82) is 0 Å². The lowest BCUT2D eigenvalue weighted by Gasteiger charge is -2.43. The molecule has 14 heavy (non-hydrogen) atoms. The first-order valence-corrected chi connectivity index (χ1v) is 5.80. The van der Waals surface area contributed by atoms with Crippen LogP contribution in [0.25, 0.3) is 0 Å². The monoisotopic (exact) mass is 197 g/mol. The van der Waals surface area contributed by atoms with Gasteiger partial charge >= 0.3 is 0 Å². The smallest absolute Gasteiger partial charge is 0.144 e. The molecule has 3 nitrogen and oxygen atoms in total. The zero-order valence-electron chi connectivity index (χ0n) is 8.68. The molecule has 0 aromatic heterocycles. The lowest BCUT2D eigenvalue weighted by atomic mass is 9.85. The number of rotatable bonds is 0. The minimum Gasteiger partial charge on any atom is -0.377 e. The van der Waals surface area contributed by atoms with Gasteiger partial charge < -0.3 is 9.47 Å². The van der Waals surface area contributed by atoms with E-state index in [9.17, 15) is 0 Å². The van der Waals surface area contributed by atoms with Crippen molar-refractivity contribution in [1.82, 2.24) is 5.32 Å². The quantitative estimate of drug-likeness (QED) is 0.634. The van der Waals surface area contributed by atoms with Crippen LogP contribution in [0.2, 0.25) is 0 Å². The van der Waals surface area contributed by atoms with Gasteiger partial charge in [0.05, 0.1) is 19.8 Å². The minimum atomic E-state index is -0.117. The molecule has 0 aromatic rings. The van der Waals surface area contributed by atoms with E-state index in [2.05, 4.69) is 5.32 Å². The Morgan fingerprint density at radius 2 is 1.86 bits per heavy atom. The summed E-state index contributed by atoms with van der Waals surface area (Å²) in [6, 6.07) is 0. The molecule has 0 bridgehead atoms. The molecule has 2 heterocycles. The van der Waals surface area contributed by atoms with E-state index in [1.807, 2.05) is 0 Å². The predicted octanol–water partition coefficient (Wildman–Crippen LogP) is 1.28. The van der Waals surface area contributed by atoms with Crippen LogP contribution in [-0.2, 0) is 9.47 Å². The second kappa shape index (κ2) is 3.19. The summed E-state index contributed by atoms with van der Waals surface area (Å²) >= 11 is 0. The first kappa shape index (κ1) is 9.13. The molecule has 3 aliphatic rings. The van der Waals surface area contributed by atoms with Crippen LogP contribution in [0.3, 0.4) is 0 Å². The van der Waals surface area contributed by atoms with E-state index in [1.165, 1.54) is 25.7 Å². The Balaban J connectivity index is 1.66. The SMILES string of the molecule is C1CCC2(C1)CNC1(CCOC1)OC2. The van der Waals surface area contributed by atoms with Crippen LogP contribution in [0, 0.1) is 5.41 Å². The molecule has 80 valence electrons. The Bertz CT molecular complexity index is 181. The molecule has 2 saturated heterocycles. The summed E-state index contributed by atoms with van der Waals surface area (Å²) in [7, 11) is 0. The second-order valence-corrected chi connectivity index (χ2v) is 5.15. The van der Waals surface area contributed by atoms with Gasteiger partial charge in [-0.3, -0.25) is 5.32 Å². The summed E-state index contributed by atoms with van der Waals surface area (Å²) in [6.07, 6.45) is 6.47. The molecular formula is C11H19NO2. The third-order valence-corrected chi connectivity index (χ3v) is 4.09. The van der Waals surface area contributed by atoms with Crippen LogP contribution in [-0.4, -0.2) is 32.1 Å². The first-order valence-electron chi connectivity index (χ1n) is 5.80. The lowest BCUT2D eigenvalue weighted by molar-refractivity contribution is -0.143. The average Bonchev–Trinajstić information content (AvgIpc) is 2.81. The van der Waals surface area contributed by atoms with E-state index in [0.29, 0.717) is 5.41 Å². The first-order chi connectivity index (χ1) is 6.83. The van der Waals surface area contributed by atoms with Crippen molar-refractivity contribution in [2.75, 3.05) is 26.4 Å². The van der Waals surface area contributed by atoms with Gasteiger partial charge in [0.25, 0.3) is 0 Å². The predicted molar refractivity (Wildman–Crippen MR) is 53.0 cm³/mol. The fourth-order valence-corrected chi connectivity index (χ4v) is 2.99. The molecule has 0 amide bonds. The van der Waals surface area contributed by atoms with E-state index in [4.69, 9.17) is 9.47 Å². The Morgan fingerprint density at radius 3 is 2.43 bits per heavy atom. The topological polar surface area (TPSA) is 30.5 Å². The Morgan fingerprint density at radius 1 is 1.00 bits per heavy atom. The maximum absolute atomic E-state index is 6.03. The van der Waals surface area contributed by atoms with E-state index in [1.54, 1.807) is 0 Å². The van der Waals surface area contributed by atoms with Crippen LogP contribution in [0.15, 0.2) is 0 Å². The van der Waals surface area contributed by atoms with E-state index in [-0.39, 0.29) is 5.72 Å². The van der Waals surface area contributed by atoms with Gasteiger partial charge in [-0.05, 0) is 12.8 Å². The summed E-state index contributed by atoms with van der Waals surface area (Å²) in [4.78, 5) is 0. The van der Waals surface area contributed by atoms with Crippen molar-refractivity contribution in [3.63, 3.8) is 0 Å². The summed E-state index contributed by atoms with van der Waals surface area (Å²) in [5.41, 5.74) is 0.349. The van der Waals surface area contributed by atoms with E-state index in [0.717, 1.165) is 32.8 Å². The Labute approximate surface area is 85.1 Å². The average molecular weight is 197 g/mol. The highest BCUT2D eigenvalue weighted by Crippen LogP contribution is 2.42. The number of hydrogen-bond donors (Lipinski definition) is 1. The molecule has 1 aliphatic carbocycles. The standard InChI is InChI=1S/C11H19NO2/c1-2-4-10(3-1)7-12-11(14-8-10)5-6-13-9-11/h12H,1-9H2. The van der Waals surface area contributed by atoms with Crippen LogP contribution in [0.1, 0.15) is 32.1 Å². The largest absolute Gasteiger partial charge is 0.377 e. The number of nitrogens with one attached hydrogen (secondary N) is 1. The van der Waals surface area contributed by atoms with Gasteiger partial charge in [0.1, 0.15) is 5.72 Å². The molecule has 2 spiro atoms. The minimum absolute atomic E-state index is 0.117.